The van der Waals surface area contributed by atoms with E-state index >= 15 is 0 Å². The third kappa shape index (κ3) is 6.26. The second kappa shape index (κ2) is 9.73. The van der Waals surface area contributed by atoms with E-state index in [4.69, 9.17) is 0 Å². The first-order valence-electron chi connectivity index (χ1n) is 8.62. The molecule has 0 saturated carbocycles. The Hall–Kier alpha value is -1.09. The van der Waals surface area contributed by atoms with Gasteiger partial charge in [0, 0.05) is 32.9 Å². The van der Waals surface area contributed by atoms with Crippen LogP contribution in [-0.4, -0.2) is 57.0 Å². The van der Waals surface area contributed by atoms with Crippen LogP contribution in [0, 0.1) is 0 Å². The molecule has 1 fully saturated rings. The molecule has 0 radical (unpaired) electrons. The van der Waals surface area contributed by atoms with Crippen LogP contribution in [0.25, 0.3) is 6.08 Å². The average molecular weight is 491 g/mol. The second-order valence-corrected chi connectivity index (χ2v) is 9.78. The molecule has 0 aromatic heterocycles. The molecular formula is C19H30IN3O2S. The fourth-order valence-corrected chi connectivity index (χ4v) is 3.02. The lowest BCUT2D eigenvalue weighted by Gasteiger charge is -2.33. The van der Waals surface area contributed by atoms with Gasteiger partial charge >= 0.3 is 0 Å². The molecule has 0 unspecified atom stereocenters. The molecule has 2 rings (SSSR count). The lowest BCUT2D eigenvalue weighted by molar-refractivity contribution is 0.373. The Balaban J connectivity index is 0.00000338. The largest absolute Gasteiger partial charge is 0.355 e. The number of likely N-dealkylation sites (tertiary alicyclic amines) is 1. The molecule has 1 aromatic carbocycles. The molecule has 0 bridgehead atoms. The maximum atomic E-state index is 11.8. The minimum atomic E-state index is -3.13. The van der Waals surface area contributed by atoms with Gasteiger partial charge in [-0.05, 0) is 32.3 Å². The first kappa shape index (κ1) is 23.0. The van der Waals surface area contributed by atoms with Crippen molar-refractivity contribution in [1.82, 2.24) is 10.2 Å². The zero-order valence-corrected chi connectivity index (χ0v) is 19.2. The highest BCUT2D eigenvalue weighted by Gasteiger charge is 2.31. The maximum Gasteiger partial charge on any atom is 0.193 e. The van der Waals surface area contributed by atoms with Gasteiger partial charge in [0.2, 0.25) is 0 Å². The lowest BCUT2D eigenvalue weighted by Crippen LogP contribution is -2.50. The van der Waals surface area contributed by atoms with Crippen LogP contribution in [0.2, 0.25) is 0 Å². The van der Waals surface area contributed by atoms with E-state index in [0.717, 1.165) is 31.9 Å². The van der Waals surface area contributed by atoms with Crippen LogP contribution >= 0.6 is 24.0 Å². The summed E-state index contributed by atoms with van der Waals surface area (Å²) in [6, 6.07) is 10.4. The molecule has 0 amide bonds. The molecule has 5 nitrogen and oxygen atoms in total. The molecule has 1 aliphatic rings. The minimum Gasteiger partial charge on any atom is -0.355 e. The van der Waals surface area contributed by atoms with Gasteiger partial charge in [-0.25, -0.2) is 8.42 Å². The zero-order chi connectivity index (χ0) is 18.5. The Morgan fingerprint density at radius 1 is 1.23 bits per heavy atom. The van der Waals surface area contributed by atoms with Crippen molar-refractivity contribution in [3.63, 3.8) is 0 Å². The lowest BCUT2D eigenvalue weighted by atomic mass is 10.0. The van der Waals surface area contributed by atoms with Crippen molar-refractivity contribution in [1.29, 1.82) is 0 Å². The Bertz CT molecular complexity index is 733. The summed E-state index contributed by atoms with van der Waals surface area (Å²) in [6.07, 6.45) is 5.52. The number of hydrogen-bond acceptors (Lipinski definition) is 3. The molecule has 1 saturated heterocycles. The van der Waals surface area contributed by atoms with Crippen LogP contribution in [0.4, 0.5) is 0 Å². The van der Waals surface area contributed by atoms with Crippen LogP contribution in [-0.2, 0) is 9.84 Å². The molecule has 0 spiro atoms. The number of rotatable bonds is 4. The monoisotopic (exact) mass is 491 g/mol. The average Bonchev–Trinajstić information content (AvgIpc) is 2.56. The third-order valence-corrected chi connectivity index (χ3v) is 6.92. The van der Waals surface area contributed by atoms with Gasteiger partial charge < -0.3 is 10.2 Å². The number of halogens is 1. The van der Waals surface area contributed by atoms with Gasteiger partial charge in [0.05, 0.1) is 4.75 Å². The minimum absolute atomic E-state index is 0. The van der Waals surface area contributed by atoms with Crippen LogP contribution in [0.5, 0.6) is 0 Å². The van der Waals surface area contributed by atoms with Gasteiger partial charge in [0.25, 0.3) is 0 Å². The van der Waals surface area contributed by atoms with Gasteiger partial charge in [0.1, 0.15) is 0 Å². The molecule has 7 heteroatoms. The first-order chi connectivity index (χ1) is 11.7. The summed E-state index contributed by atoms with van der Waals surface area (Å²) in [5.74, 6) is 0.774. The molecule has 0 aliphatic carbocycles. The van der Waals surface area contributed by atoms with E-state index in [2.05, 4.69) is 45.6 Å². The predicted octanol–water partition coefficient (Wildman–Crippen LogP) is 3.18. The summed E-state index contributed by atoms with van der Waals surface area (Å²) in [7, 11) is -1.38. The van der Waals surface area contributed by atoms with Crippen LogP contribution in [0.1, 0.15) is 32.3 Å². The van der Waals surface area contributed by atoms with E-state index in [9.17, 15) is 8.42 Å². The number of benzene rings is 1. The molecule has 1 aromatic rings. The first-order valence-corrected chi connectivity index (χ1v) is 10.5. The molecular weight excluding hydrogens is 461 g/mol. The van der Waals surface area contributed by atoms with Crippen molar-refractivity contribution in [3.05, 3.63) is 41.5 Å². The number of piperidine rings is 1. The van der Waals surface area contributed by atoms with E-state index in [1.165, 1.54) is 17.4 Å². The highest BCUT2D eigenvalue weighted by atomic mass is 127. The highest BCUT2D eigenvalue weighted by molar-refractivity contribution is 14.0. The van der Waals surface area contributed by atoms with Gasteiger partial charge in [-0.1, -0.05) is 42.0 Å². The summed E-state index contributed by atoms with van der Waals surface area (Å²) in [4.78, 5) is 6.52. The van der Waals surface area contributed by atoms with Crippen molar-refractivity contribution in [3.8, 4) is 0 Å². The van der Waals surface area contributed by atoms with Crippen LogP contribution < -0.4 is 5.32 Å². The van der Waals surface area contributed by atoms with Gasteiger partial charge in [-0.2, -0.15) is 0 Å². The smallest absolute Gasteiger partial charge is 0.193 e. The molecule has 1 N–H and O–H groups in total. The van der Waals surface area contributed by atoms with E-state index in [-0.39, 0.29) is 24.0 Å². The number of aliphatic imine (C=N–C) groups is 1. The van der Waals surface area contributed by atoms with Gasteiger partial charge in [-0.15, -0.1) is 24.0 Å². The standard InChI is InChI=1S/C19H29N3O2S.HI/c1-19(2,25(4,23)24)15-21-18(20-3)22-12-10-17(11-13-22)14-16-8-6-5-7-9-16;/h5-9,14H,10-13,15H2,1-4H3,(H,20,21);1H. The second-order valence-electron chi connectivity index (χ2n) is 7.13. The van der Waals surface area contributed by atoms with Crippen molar-refractivity contribution >= 4 is 45.8 Å². The van der Waals surface area contributed by atoms with Crippen molar-refractivity contribution < 1.29 is 8.42 Å². The number of nitrogens with zero attached hydrogens (tertiary/aromatic N) is 2. The van der Waals surface area contributed by atoms with Gasteiger partial charge in [0.15, 0.2) is 15.8 Å². The zero-order valence-electron chi connectivity index (χ0n) is 16.0. The van der Waals surface area contributed by atoms with E-state index in [0.29, 0.717) is 6.54 Å². The van der Waals surface area contributed by atoms with E-state index in [1.807, 2.05) is 6.07 Å². The Kier molecular flexibility index (Phi) is 8.59. The Morgan fingerprint density at radius 2 is 1.81 bits per heavy atom. The SMILES string of the molecule is CN=C(NCC(C)(C)S(C)(=O)=O)N1CCC(=Cc2ccccc2)CC1.I. The molecule has 146 valence electrons. The van der Waals surface area contributed by atoms with Crippen molar-refractivity contribution in [2.45, 2.75) is 31.4 Å². The quantitative estimate of drug-likeness (QED) is 0.400. The normalized spacial score (nSPS) is 16.1. The maximum absolute atomic E-state index is 11.8. The molecule has 1 aliphatic heterocycles. The van der Waals surface area contributed by atoms with E-state index < -0.39 is 14.6 Å². The third-order valence-electron chi connectivity index (χ3n) is 4.76. The number of nitrogens with one attached hydrogen (secondary N) is 1. The van der Waals surface area contributed by atoms with Crippen molar-refractivity contribution in [2.75, 3.05) is 32.9 Å². The Morgan fingerprint density at radius 3 is 2.31 bits per heavy atom. The summed E-state index contributed by atoms with van der Waals surface area (Å²) in [5.41, 5.74) is 2.68. The summed E-state index contributed by atoms with van der Waals surface area (Å²) in [6.45, 7) is 5.59. The predicted molar refractivity (Wildman–Crippen MR) is 121 cm³/mol. The molecule has 0 atom stereocenters. The van der Waals surface area contributed by atoms with Crippen molar-refractivity contribution in [2.24, 2.45) is 4.99 Å². The summed E-state index contributed by atoms with van der Waals surface area (Å²) >= 11 is 0. The number of sulfone groups is 1. The number of guanidine groups is 1. The molecule has 1 heterocycles. The van der Waals surface area contributed by atoms with E-state index in [1.54, 1.807) is 20.9 Å². The van der Waals surface area contributed by atoms with Crippen LogP contribution in [0.15, 0.2) is 40.9 Å². The highest BCUT2D eigenvalue weighted by Crippen LogP contribution is 2.20. The van der Waals surface area contributed by atoms with Crippen LogP contribution in [0.3, 0.4) is 0 Å². The van der Waals surface area contributed by atoms with Gasteiger partial charge in [-0.3, -0.25) is 4.99 Å². The number of hydrogen-bond donors (Lipinski definition) is 1. The molecule has 26 heavy (non-hydrogen) atoms. The fraction of sp³-hybridized carbons (Fsp3) is 0.526. The summed E-state index contributed by atoms with van der Waals surface area (Å²) in [5, 5.41) is 3.23. The topological polar surface area (TPSA) is 61.8 Å². The fourth-order valence-electron chi connectivity index (χ4n) is 2.69. The Labute approximate surface area is 174 Å². The summed E-state index contributed by atoms with van der Waals surface area (Å²) < 4.78 is 22.9.